The summed E-state index contributed by atoms with van der Waals surface area (Å²) in [4.78, 5) is 8.79. The summed E-state index contributed by atoms with van der Waals surface area (Å²) < 4.78 is 13.6. The molecule has 1 saturated carbocycles. The lowest BCUT2D eigenvalue weighted by atomic mass is 10.3. The first kappa shape index (κ1) is 13.3. The second-order valence-electron chi connectivity index (χ2n) is 4.67. The molecule has 20 heavy (non-hydrogen) atoms. The number of nitrogens with zero attached hydrogens (tertiary/aromatic N) is 2. The molecular formula is C13H13BrFN5. The van der Waals surface area contributed by atoms with Gasteiger partial charge in [-0.05, 0) is 47.0 Å². The largest absolute Gasteiger partial charge is 0.340 e. The van der Waals surface area contributed by atoms with Gasteiger partial charge in [-0.1, -0.05) is 0 Å². The third kappa shape index (κ3) is 2.88. The molecule has 1 aliphatic carbocycles. The van der Waals surface area contributed by atoms with Gasteiger partial charge in [-0.25, -0.2) is 20.2 Å². The minimum absolute atomic E-state index is 0.304. The zero-order valence-electron chi connectivity index (χ0n) is 10.5. The van der Waals surface area contributed by atoms with Crippen molar-refractivity contribution in [2.75, 3.05) is 10.7 Å². The van der Waals surface area contributed by atoms with E-state index in [4.69, 9.17) is 5.84 Å². The maximum absolute atomic E-state index is 13.2. The summed E-state index contributed by atoms with van der Waals surface area (Å²) in [6.07, 6.45) is 2.21. The molecule has 0 spiro atoms. The molecule has 2 aromatic rings. The Morgan fingerprint density at radius 2 is 1.95 bits per heavy atom. The van der Waals surface area contributed by atoms with E-state index in [2.05, 4.69) is 36.6 Å². The maximum Gasteiger partial charge on any atom is 0.145 e. The Morgan fingerprint density at radius 3 is 2.60 bits per heavy atom. The van der Waals surface area contributed by atoms with Crippen LogP contribution in [0.1, 0.15) is 24.6 Å². The molecule has 0 radical (unpaired) electrons. The van der Waals surface area contributed by atoms with Gasteiger partial charge in [0.15, 0.2) is 0 Å². The van der Waals surface area contributed by atoms with Gasteiger partial charge in [-0.3, -0.25) is 0 Å². The van der Waals surface area contributed by atoms with Crippen molar-refractivity contribution in [3.8, 4) is 0 Å². The Kier molecular flexibility index (Phi) is 3.54. The third-order valence-electron chi connectivity index (χ3n) is 3.03. The fraction of sp³-hybridized carbons (Fsp3) is 0.231. The second kappa shape index (κ2) is 5.34. The highest BCUT2D eigenvalue weighted by Crippen LogP contribution is 2.39. The summed E-state index contributed by atoms with van der Waals surface area (Å²) in [5.74, 6) is 7.51. The number of hydrogen-bond donors (Lipinski definition) is 3. The Balaban J connectivity index is 1.88. The van der Waals surface area contributed by atoms with Crippen LogP contribution in [0.2, 0.25) is 0 Å². The van der Waals surface area contributed by atoms with Crippen LogP contribution in [0.15, 0.2) is 28.7 Å². The van der Waals surface area contributed by atoms with Gasteiger partial charge in [0, 0.05) is 17.7 Å². The smallest absolute Gasteiger partial charge is 0.145 e. The fourth-order valence-corrected chi connectivity index (χ4v) is 2.23. The van der Waals surface area contributed by atoms with E-state index in [1.165, 1.54) is 6.07 Å². The molecule has 0 saturated heterocycles. The number of nitrogens with one attached hydrogen (secondary N) is 2. The first-order valence-corrected chi connectivity index (χ1v) is 7.02. The minimum Gasteiger partial charge on any atom is -0.340 e. The van der Waals surface area contributed by atoms with E-state index >= 15 is 0 Å². The number of halogens is 2. The average Bonchev–Trinajstić information content (AvgIpc) is 3.27. The zero-order chi connectivity index (χ0) is 14.1. The molecule has 1 heterocycles. The molecule has 1 aliphatic rings. The van der Waals surface area contributed by atoms with Gasteiger partial charge in [0.25, 0.3) is 0 Å². The number of rotatable bonds is 4. The van der Waals surface area contributed by atoms with Crippen molar-refractivity contribution in [1.29, 1.82) is 0 Å². The van der Waals surface area contributed by atoms with Gasteiger partial charge >= 0.3 is 0 Å². The van der Waals surface area contributed by atoms with Crippen molar-refractivity contribution in [2.45, 2.75) is 18.8 Å². The molecule has 5 nitrogen and oxygen atoms in total. The summed E-state index contributed by atoms with van der Waals surface area (Å²) in [6.45, 7) is 0. The molecule has 0 bridgehead atoms. The Morgan fingerprint density at radius 1 is 1.20 bits per heavy atom. The number of benzene rings is 1. The van der Waals surface area contributed by atoms with Crippen molar-refractivity contribution < 1.29 is 4.39 Å². The van der Waals surface area contributed by atoms with Gasteiger partial charge < -0.3 is 10.7 Å². The normalized spacial score (nSPS) is 14.2. The predicted octanol–water partition coefficient (Wildman–Crippen LogP) is 3.28. The number of nitrogens with two attached hydrogens (primary N) is 1. The predicted molar refractivity (Wildman–Crippen MR) is 79.2 cm³/mol. The van der Waals surface area contributed by atoms with Crippen molar-refractivity contribution >= 4 is 33.3 Å². The van der Waals surface area contributed by atoms with E-state index in [0.29, 0.717) is 22.0 Å². The van der Waals surface area contributed by atoms with Crippen molar-refractivity contribution in [1.82, 2.24) is 9.97 Å². The number of anilines is 3. The maximum atomic E-state index is 13.2. The first-order chi connectivity index (χ1) is 9.65. The quantitative estimate of drug-likeness (QED) is 0.589. The molecule has 0 aliphatic heterocycles. The summed E-state index contributed by atoms with van der Waals surface area (Å²) in [6, 6.07) is 6.40. The molecule has 0 atom stereocenters. The zero-order valence-corrected chi connectivity index (χ0v) is 12.1. The SMILES string of the molecule is NNc1cc(Nc2ccc(F)c(Br)c2)nc(C2CC2)n1. The summed E-state index contributed by atoms with van der Waals surface area (Å²) in [5.41, 5.74) is 3.27. The van der Waals surface area contributed by atoms with Gasteiger partial charge in [0.1, 0.15) is 23.3 Å². The molecule has 1 fully saturated rings. The van der Waals surface area contributed by atoms with Gasteiger partial charge in [0.2, 0.25) is 0 Å². The van der Waals surface area contributed by atoms with Gasteiger partial charge in [0.05, 0.1) is 4.47 Å². The lowest BCUT2D eigenvalue weighted by molar-refractivity contribution is 0.621. The Bertz CT molecular complexity index is 645. The van der Waals surface area contributed by atoms with Crippen LogP contribution in [0.25, 0.3) is 0 Å². The topological polar surface area (TPSA) is 75.9 Å². The van der Waals surface area contributed by atoms with E-state index in [-0.39, 0.29) is 5.82 Å². The molecule has 4 N–H and O–H groups in total. The van der Waals surface area contributed by atoms with Crippen molar-refractivity contribution in [3.63, 3.8) is 0 Å². The highest BCUT2D eigenvalue weighted by molar-refractivity contribution is 9.10. The third-order valence-corrected chi connectivity index (χ3v) is 3.63. The van der Waals surface area contributed by atoms with E-state index in [9.17, 15) is 4.39 Å². The van der Waals surface area contributed by atoms with Crippen LogP contribution in [0.3, 0.4) is 0 Å². The second-order valence-corrected chi connectivity index (χ2v) is 5.52. The Hall–Kier alpha value is -1.73. The van der Waals surface area contributed by atoms with Crippen LogP contribution in [0, 0.1) is 5.82 Å². The van der Waals surface area contributed by atoms with Crippen LogP contribution in [0.4, 0.5) is 21.7 Å². The average molecular weight is 338 g/mol. The summed E-state index contributed by atoms with van der Waals surface area (Å²) in [7, 11) is 0. The lowest BCUT2D eigenvalue weighted by Gasteiger charge is -2.10. The van der Waals surface area contributed by atoms with E-state index in [1.807, 2.05) is 0 Å². The molecule has 0 unspecified atom stereocenters. The van der Waals surface area contributed by atoms with Crippen LogP contribution in [-0.2, 0) is 0 Å². The molecule has 104 valence electrons. The van der Waals surface area contributed by atoms with Crippen molar-refractivity contribution in [3.05, 3.63) is 40.4 Å². The monoisotopic (exact) mass is 337 g/mol. The summed E-state index contributed by atoms with van der Waals surface area (Å²) >= 11 is 3.16. The van der Waals surface area contributed by atoms with E-state index in [0.717, 1.165) is 24.4 Å². The summed E-state index contributed by atoms with van der Waals surface area (Å²) in [5, 5.41) is 3.13. The molecule has 1 aromatic heterocycles. The number of hydrogen-bond acceptors (Lipinski definition) is 5. The standard InChI is InChI=1S/C13H13BrFN5/c14-9-5-8(3-4-10(9)15)17-11-6-12(20-16)19-13(18-11)7-1-2-7/h3-7H,1-2,16H2,(H2,17,18,19,20). The van der Waals surface area contributed by atoms with E-state index < -0.39 is 0 Å². The highest BCUT2D eigenvalue weighted by atomic mass is 79.9. The number of nitrogen functional groups attached to an aromatic ring is 1. The van der Waals surface area contributed by atoms with Crippen LogP contribution in [0.5, 0.6) is 0 Å². The Labute approximate surface area is 123 Å². The molecule has 1 aromatic carbocycles. The lowest BCUT2D eigenvalue weighted by Crippen LogP contribution is -2.11. The highest BCUT2D eigenvalue weighted by Gasteiger charge is 2.27. The minimum atomic E-state index is -0.304. The number of hydrazine groups is 1. The fourth-order valence-electron chi connectivity index (χ4n) is 1.85. The number of aromatic nitrogens is 2. The van der Waals surface area contributed by atoms with Crippen LogP contribution >= 0.6 is 15.9 Å². The molecule has 0 amide bonds. The first-order valence-electron chi connectivity index (χ1n) is 6.23. The van der Waals surface area contributed by atoms with Crippen LogP contribution < -0.4 is 16.6 Å². The molecule has 7 heteroatoms. The molecular weight excluding hydrogens is 325 g/mol. The van der Waals surface area contributed by atoms with E-state index in [1.54, 1.807) is 18.2 Å². The molecule has 3 rings (SSSR count). The van der Waals surface area contributed by atoms with Gasteiger partial charge in [-0.2, -0.15) is 0 Å². The van der Waals surface area contributed by atoms with Crippen LogP contribution in [-0.4, -0.2) is 9.97 Å². The van der Waals surface area contributed by atoms with Gasteiger partial charge in [-0.15, -0.1) is 0 Å². The van der Waals surface area contributed by atoms with Crippen molar-refractivity contribution in [2.24, 2.45) is 5.84 Å².